The van der Waals surface area contributed by atoms with Crippen molar-refractivity contribution in [2.24, 2.45) is 23.2 Å². The summed E-state index contributed by atoms with van der Waals surface area (Å²) < 4.78 is 11.5. The topological polar surface area (TPSA) is 39.4 Å². The summed E-state index contributed by atoms with van der Waals surface area (Å²) in [5.74, 6) is 4.83. The maximum Gasteiger partial charge on any atom is 0.161 e. The number of hydrogen-bond donors (Lipinski definition) is 0. The molecule has 4 fully saturated rings. The van der Waals surface area contributed by atoms with Crippen LogP contribution in [0.3, 0.4) is 0 Å². The Kier molecular flexibility index (Phi) is 4.59. The normalized spacial score (nSPS) is 30.8. The van der Waals surface area contributed by atoms with Gasteiger partial charge in [0.1, 0.15) is 23.9 Å². The minimum atomic E-state index is -0.0850. The lowest BCUT2D eigenvalue weighted by atomic mass is 9.48. The van der Waals surface area contributed by atoms with Crippen LogP contribution >= 0.6 is 11.6 Å². The van der Waals surface area contributed by atoms with E-state index in [0.717, 1.165) is 48.5 Å². The summed E-state index contributed by atoms with van der Waals surface area (Å²) in [4.78, 5) is 13.1. The highest BCUT2D eigenvalue weighted by atomic mass is 35.5. The molecule has 0 atom stereocenters. The molecule has 0 radical (unpaired) electrons. The maximum absolute atomic E-state index is 13.1. The van der Waals surface area contributed by atoms with Gasteiger partial charge in [0.15, 0.2) is 5.78 Å². The Morgan fingerprint density at radius 3 is 2.32 bits per heavy atom. The van der Waals surface area contributed by atoms with Gasteiger partial charge in [0.25, 0.3) is 0 Å². The van der Waals surface area contributed by atoms with Crippen LogP contribution in [0.1, 0.15) is 50.0 Å². The molecule has 4 aliphatic carbocycles. The standard InChI is InChI=1S/C24H25ClO3/c25-19-1-3-20(4-2-19)27-15-22-6-5-21(28-22)7-8-23(26)24-12-16-9-17(13-24)11-18(10-16)14-24/h1-8,16-18H,9-15H2/b8-7+. The minimum Gasteiger partial charge on any atom is -0.486 e. The van der Waals surface area contributed by atoms with E-state index in [1.54, 1.807) is 18.2 Å². The number of benzene rings is 1. The second-order valence-corrected chi connectivity index (χ2v) is 9.38. The molecule has 0 saturated heterocycles. The van der Waals surface area contributed by atoms with Gasteiger partial charge in [-0.15, -0.1) is 0 Å². The summed E-state index contributed by atoms with van der Waals surface area (Å²) in [5, 5.41) is 0.682. The molecule has 28 heavy (non-hydrogen) atoms. The average molecular weight is 397 g/mol. The van der Waals surface area contributed by atoms with Gasteiger partial charge in [0.05, 0.1) is 0 Å². The van der Waals surface area contributed by atoms with Gasteiger partial charge >= 0.3 is 0 Å². The van der Waals surface area contributed by atoms with Gasteiger partial charge in [-0.3, -0.25) is 4.79 Å². The molecule has 2 aromatic rings. The number of ketones is 1. The molecule has 0 unspecified atom stereocenters. The molecule has 146 valence electrons. The van der Waals surface area contributed by atoms with Crippen molar-refractivity contribution in [2.75, 3.05) is 0 Å². The number of ether oxygens (including phenoxy) is 1. The van der Waals surface area contributed by atoms with Crippen molar-refractivity contribution in [3.05, 3.63) is 59.0 Å². The Morgan fingerprint density at radius 1 is 1.04 bits per heavy atom. The van der Waals surface area contributed by atoms with Crippen LogP contribution in [0, 0.1) is 23.2 Å². The summed E-state index contributed by atoms with van der Waals surface area (Å²) in [6, 6.07) is 11.0. The van der Waals surface area contributed by atoms with E-state index in [1.807, 2.05) is 30.3 Å². The molecule has 3 nitrogen and oxygen atoms in total. The van der Waals surface area contributed by atoms with Crippen LogP contribution in [0.25, 0.3) is 6.08 Å². The highest BCUT2D eigenvalue weighted by molar-refractivity contribution is 6.30. The van der Waals surface area contributed by atoms with E-state index in [4.69, 9.17) is 20.8 Å². The number of allylic oxidation sites excluding steroid dienone is 1. The van der Waals surface area contributed by atoms with Crippen molar-refractivity contribution in [1.82, 2.24) is 0 Å². The smallest absolute Gasteiger partial charge is 0.161 e. The fraction of sp³-hybridized carbons (Fsp3) is 0.458. The van der Waals surface area contributed by atoms with Gasteiger partial charge < -0.3 is 9.15 Å². The second-order valence-electron chi connectivity index (χ2n) is 8.94. The van der Waals surface area contributed by atoms with Crippen LogP contribution in [0.5, 0.6) is 5.75 Å². The third-order valence-electron chi connectivity index (χ3n) is 6.84. The molecule has 0 N–H and O–H groups in total. The molecule has 1 heterocycles. The fourth-order valence-electron chi connectivity index (χ4n) is 5.99. The summed E-state index contributed by atoms with van der Waals surface area (Å²) in [6.07, 6.45) is 10.9. The zero-order chi connectivity index (χ0) is 19.1. The minimum absolute atomic E-state index is 0.0850. The zero-order valence-electron chi connectivity index (χ0n) is 15.9. The van der Waals surface area contributed by atoms with Gasteiger partial charge in [0, 0.05) is 10.4 Å². The summed E-state index contributed by atoms with van der Waals surface area (Å²) in [5.41, 5.74) is -0.0850. The van der Waals surface area contributed by atoms with E-state index in [-0.39, 0.29) is 5.41 Å². The van der Waals surface area contributed by atoms with Crippen molar-refractivity contribution in [1.29, 1.82) is 0 Å². The molecule has 0 aliphatic heterocycles. The van der Waals surface area contributed by atoms with Crippen molar-refractivity contribution < 1.29 is 13.9 Å². The van der Waals surface area contributed by atoms with E-state index in [0.29, 0.717) is 23.2 Å². The first kappa shape index (κ1) is 18.1. The largest absolute Gasteiger partial charge is 0.486 e. The number of halogens is 1. The average Bonchev–Trinajstić information content (AvgIpc) is 3.12. The molecule has 6 rings (SSSR count). The molecule has 4 bridgehead atoms. The molecule has 4 saturated carbocycles. The Labute approximate surface area is 170 Å². The number of carbonyl (C=O) groups excluding carboxylic acids is 1. The molecule has 0 amide bonds. The number of carbonyl (C=O) groups is 1. The SMILES string of the molecule is O=C(/C=C/c1ccc(COc2ccc(Cl)cc2)o1)C12CC3CC(CC(C3)C1)C2. The first-order valence-electron chi connectivity index (χ1n) is 10.3. The Hall–Kier alpha value is -2.00. The Bertz CT molecular complexity index is 858. The molecule has 1 aromatic carbocycles. The van der Waals surface area contributed by atoms with Crippen molar-refractivity contribution >= 4 is 23.5 Å². The predicted molar refractivity (Wildman–Crippen MR) is 109 cm³/mol. The molecule has 4 heteroatoms. The van der Waals surface area contributed by atoms with Crippen LogP contribution in [-0.4, -0.2) is 5.78 Å². The lowest BCUT2D eigenvalue weighted by Crippen LogP contribution is -2.49. The third kappa shape index (κ3) is 3.53. The van der Waals surface area contributed by atoms with Gasteiger partial charge in [-0.2, -0.15) is 0 Å². The summed E-state index contributed by atoms with van der Waals surface area (Å²) in [7, 11) is 0. The molecule has 1 aromatic heterocycles. The molecular weight excluding hydrogens is 372 g/mol. The van der Waals surface area contributed by atoms with Crippen molar-refractivity contribution in [2.45, 2.75) is 45.1 Å². The van der Waals surface area contributed by atoms with E-state index in [9.17, 15) is 4.79 Å². The van der Waals surface area contributed by atoms with E-state index < -0.39 is 0 Å². The monoisotopic (exact) mass is 396 g/mol. The quantitative estimate of drug-likeness (QED) is 0.537. The van der Waals surface area contributed by atoms with Crippen molar-refractivity contribution in [3.63, 3.8) is 0 Å². The Balaban J connectivity index is 1.21. The molecular formula is C24H25ClO3. The van der Waals surface area contributed by atoms with E-state index in [1.165, 1.54) is 19.3 Å². The van der Waals surface area contributed by atoms with Gasteiger partial charge in [-0.05, 0) is 105 Å². The highest BCUT2D eigenvalue weighted by Crippen LogP contribution is 2.60. The number of rotatable bonds is 6. The first-order chi connectivity index (χ1) is 13.6. The summed E-state index contributed by atoms with van der Waals surface area (Å²) in [6.45, 7) is 0.346. The van der Waals surface area contributed by atoms with E-state index in [2.05, 4.69) is 0 Å². The molecule has 0 spiro atoms. The predicted octanol–water partition coefficient (Wildman–Crippen LogP) is 6.31. The van der Waals surface area contributed by atoms with Crippen LogP contribution in [-0.2, 0) is 11.4 Å². The highest BCUT2D eigenvalue weighted by Gasteiger charge is 2.53. The lowest BCUT2D eigenvalue weighted by Gasteiger charge is -2.55. The van der Waals surface area contributed by atoms with Crippen LogP contribution in [0.15, 0.2) is 46.9 Å². The second kappa shape index (κ2) is 7.11. The maximum atomic E-state index is 13.1. The Morgan fingerprint density at radius 2 is 1.68 bits per heavy atom. The number of furan rings is 1. The lowest BCUT2D eigenvalue weighted by molar-refractivity contribution is -0.138. The van der Waals surface area contributed by atoms with Crippen LogP contribution in [0.4, 0.5) is 0 Å². The van der Waals surface area contributed by atoms with E-state index >= 15 is 0 Å². The fourth-order valence-corrected chi connectivity index (χ4v) is 6.12. The summed E-state index contributed by atoms with van der Waals surface area (Å²) >= 11 is 5.88. The van der Waals surface area contributed by atoms with Crippen molar-refractivity contribution in [3.8, 4) is 5.75 Å². The first-order valence-corrected chi connectivity index (χ1v) is 10.7. The third-order valence-corrected chi connectivity index (χ3v) is 7.09. The van der Waals surface area contributed by atoms with Crippen LogP contribution < -0.4 is 4.74 Å². The zero-order valence-corrected chi connectivity index (χ0v) is 16.7. The van der Waals surface area contributed by atoms with Crippen LogP contribution in [0.2, 0.25) is 5.02 Å². The van der Waals surface area contributed by atoms with Gasteiger partial charge in [-0.25, -0.2) is 0 Å². The number of hydrogen-bond acceptors (Lipinski definition) is 3. The van der Waals surface area contributed by atoms with Gasteiger partial charge in [0.2, 0.25) is 0 Å². The van der Waals surface area contributed by atoms with Gasteiger partial charge in [-0.1, -0.05) is 11.6 Å². The molecule has 4 aliphatic rings.